The molecule has 0 saturated carbocycles. The number of nitrogens with zero attached hydrogens (tertiary/aromatic N) is 1. The van der Waals surface area contributed by atoms with Gasteiger partial charge in [0, 0.05) is 16.3 Å². The lowest BCUT2D eigenvalue weighted by molar-refractivity contribution is -0.138. The van der Waals surface area contributed by atoms with Crippen LogP contribution in [0.25, 0.3) is 0 Å². The van der Waals surface area contributed by atoms with Crippen LogP contribution in [0.15, 0.2) is 83.5 Å². The molecule has 0 fully saturated rings. The molecule has 0 radical (unpaired) electrons. The van der Waals surface area contributed by atoms with Crippen LogP contribution in [0, 0.1) is 0 Å². The smallest absolute Gasteiger partial charge is 0.279 e. The van der Waals surface area contributed by atoms with Crippen molar-refractivity contribution in [1.29, 1.82) is 0 Å². The third-order valence-electron chi connectivity index (χ3n) is 4.89. The van der Waals surface area contributed by atoms with Crippen LogP contribution in [0.4, 0.5) is 11.4 Å². The Balaban J connectivity index is 1.44. The van der Waals surface area contributed by atoms with Crippen molar-refractivity contribution < 1.29 is 14.4 Å². The highest BCUT2D eigenvalue weighted by molar-refractivity contribution is 6.48. The maximum Gasteiger partial charge on any atom is 0.279 e. The number of amides is 3. The van der Waals surface area contributed by atoms with Crippen molar-refractivity contribution in [3.63, 3.8) is 0 Å². The zero-order valence-corrected chi connectivity index (χ0v) is 19.2. The van der Waals surface area contributed by atoms with Crippen LogP contribution >= 0.6 is 34.8 Å². The van der Waals surface area contributed by atoms with Crippen molar-refractivity contribution in [2.24, 2.45) is 0 Å². The fraction of sp³-hybridized carbons (Fsp3) is 0.0417. The van der Waals surface area contributed by atoms with Crippen molar-refractivity contribution >= 4 is 63.9 Å². The monoisotopic (exact) mass is 499 g/mol. The van der Waals surface area contributed by atoms with Crippen molar-refractivity contribution in [2.45, 2.75) is 6.54 Å². The second kappa shape index (κ2) is 9.67. The molecule has 0 saturated heterocycles. The lowest BCUT2D eigenvalue weighted by Crippen LogP contribution is -2.31. The van der Waals surface area contributed by atoms with Gasteiger partial charge < -0.3 is 10.6 Å². The number of carbonyl (C=O) groups excluding carboxylic acids is 3. The quantitative estimate of drug-likeness (QED) is 0.427. The number of anilines is 2. The van der Waals surface area contributed by atoms with Gasteiger partial charge in [0.25, 0.3) is 17.7 Å². The highest BCUT2D eigenvalue weighted by Gasteiger charge is 2.37. The Bertz CT molecular complexity index is 1280. The molecular weight excluding hydrogens is 485 g/mol. The summed E-state index contributed by atoms with van der Waals surface area (Å²) in [5.74, 6) is -1.46. The van der Waals surface area contributed by atoms with E-state index in [1.165, 1.54) is 6.07 Å². The summed E-state index contributed by atoms with van der Waals surface area (Å²) in [7, 11) is 0. The molecule has 3 amide bonds. The molecule has 0 aromatic heterocycles. The van der Waals surface area contributed by atoms with E-state index >= 15 is 0 Å². The van der Waals surface area contributed by atoms with Crippen LogP contribution in [-0.4, -0.2) is 22.6 Å². The number of nitrogens with one attached hydrogen (secondary N) is 2. The average molecular weight is 501 g/mol. The van der Waals surface area contributed by atoms with E-state index in [1.807, 2.05) is 30.3 Å². The third kappa shape index (κ3) is 5.03. The maximum absolute atomic E-state index is 12.8. The van der Waals surface area contributed by atoms with Gasteiger partial charge in [-0.3, -0.25) is 19.3 Å². The number of halogens is 3. The molecule has 0 spiro atoms. The van der Waals surface area contributed by atoms with E-state index in [9.17, 15) is 14.4 Å². The summed E-state index contributed by atoms with van der Waals surface area (Å²) in [4.78, 5) is 38.9. The molecule has 0 unspecified atom stereocenters. The van der Waals surface area contributed by atoms with Crippen LogP contribution in [0.2, 0.25) is 10.0 Å². The molecule has 4 rings (SSSR count). The van der Waals surface area contributed by atoms with E-state index in [-0.39, 0.29) is 23.2 Å². The predicted molar refractivity (Wildman–Crippen MR) is 129 cm³/mol. The number of benzene rings is 3. The lowest BCUT2D eigenvalue weighted by atomic mass is 10.2. The van der Waals surface area contributed by atoms with E-state index in [2.05, 4.69) is 10.6 Å². The summed E-state index contributed by atoms with van der Waals surface area (Å²) in [6, 6.07) is 20.2. The summed E-state index contributed by atoms with van der Waals surface area (Å²) in [5, 5.41) is 6.19. The molecule has 0 aliphatic carbocycles. The number of hydrogen-bond acceptors (Lipinski definition) is 4. The van der Waals surface area contributed by atoms with Gasteiger partial charge in [-0.1, -0.05) is 65.1 Å². The molecule has 0 atom stereocenters. The van der Waals surface area contributed by atoms with Crippen LogP contribution in [0.5, 0.6) is 0 Å². The van der Waals surface area contributed by atoms with Gasteiger partial charge in [-0.2, -0.15) is 0 Å². The number of carbonyl (C=O) groups is 3. The van der Waals surface area contributed by atoms with Crippen molar-refractivity contribution in [3.05, 3.63) is 105 Å². The van der Waals surface area contributed by atoms with Crippen molar-refractivity contribution in [3.8, 4) is 0 Å². The number of imide groups is 1. The molecule has 1 aliphatic rings. The molecule has 3 aromatic carbocycles. The topological polar surface area (TPSA) is 78.5 Å². The Labute approximate surface area is 204 Å². The number of hydrogen-bond donors (Lipinski definition) is 2. The van der Waals surface area contributed by atoms with E-state index in [0.29, 0.717) is 27.0 Å². The second-order valence-electron chi connectivity index (χ2n) is 7.15. The first-order valence-electron chi connectivity index (χ1n) is 9.77. The maximum atomic E-state index is 12.8. The van der Waals surface area contributed by atoms with Gasteiger partial charge in [0.15, 0.2) is 0 Å². The minimum Gasteiger partial charge on any atom is -0.350 e. The fourth-order valence-electron chi connectivity index (χ4n) is 3.20. The first kappa shape index (κ1) is 22.9. The summed E-state index contributed by atoms with van der Waals surface area (Å²) in [5.41, 5.74) is 2.08. The molecule has 2 N–H and O–H groups in total. The van der Waals surface area contributed by atoms with Gasteiger partial charge in [0.2, 0.25) is 0 Å². The molecule has 3 aromatic rings. The van der Waals surface area contributed by atoms with Gasteiger partial charge in [0.05, 0.1) is 17.3 Å². The van der Waals surface area contributed by atoms with E-state index in [0.717, 1.165) is 10.5 Å². The Morgan fingerprint density at radius 1 is 0.848 bits per heavy atom. The predicted octanol–water partition coefficient (Wildman–Crippen LogP) is 5.68. The fourth-order valence-corrected chi connectivity index (χ4v) is 3.88. The minimum atomic E-state index is -0.566. The first-order chi connectivity index (χ1) is 15.8. The summed E-state index contributed by atoms with van der Waals surface area (Å²) < 4.78 is 0. The molecular formula is C24H16Cl3N3O3. The molecule has 166 valence electrons. The van der Waals surface area contributed by atoms with Gasteiger partial charge >= 0.3 is 0 Å². The third-order valence-corrected chi connectivity index (χ3v) is 5.79. The molecule has 0 bridgehead atoms. The Morgan fingerprint density at radius 2 is 1.55 bits per heavy atom. The van der Waals surface area contributed by atoms with Gasteiger partial charge in [-0.05, 0) is 48.0 Å². The standard InChI is InChI=1S/C24H16Cl3N3O3/c25-16-8-11-19(18(26)12-16)29-22(31)15-6-9-17(10-7-15)28-21-20(27)23(32)30(24(21)33)13-14-4-2-1-3-5-14/h1-12,28H,13H2,(H,29,31). The highest BCUT2D eigenvalue weighted by atomic mass is 35.5. The summed E-state index contributed by atoms with van der Waals surface area (Å²) >= 11 is 18.1. The van der Waals surface area contributed by atoms with Gasteiger partial charge in [0.1, 0.15) is 10.7 Å². The largest absolute Gasteiger partial charge is 0.350 e. The molecule has 1 heterocycles. The minimum absolute atomic E-state index is 0.0113. The van der Waals surface area contributed by atoms with Crippen molar-refractivity contribution in [2.75, 3.05) is 10.6 Å². The van der Waals surface area contributed by atoms with Crippen LogP contribution in [-0.2, 0) is 16.1 Å². The highest BCUT2D eigenvalue weighted by Crippen LogP contribution is 2.28. The van der Waals surface area contributed by atoms with E-state index in [4.69, 9.17) is 34.8 Å². The van der Waals surface area contributed by atoms with Crippen molar-refractivity contribution in [1.82, 2.24) is 4.90 Å². The van der Waals surface area contributed by atoms with E-state index in [1.54, 1.807) is 36.4 Å². The Hall–Kier alpha value is -3.32. The van der Waals surface area contributed by atoms with Crippen LogP contribution < -0.4 is 10.6 Å². The molecule has 1 aliphatic heterocycles. The SMILES string of the molecule is O=C(Nc1ccc(Cl)cc1Cl)c1ccc(NC2=C(Cl)C(=O)N(Cc3ccccc3)C2=O)cc1. The molecule has 9 heteroatoms. The molecule has 6 nitrogen and oxygen atoms in total. The number of rotatable bonds is 6. The second-order valence-corrected chi connectivity index (χ2v) is 8.37. The van der Waals surface area contributed by atoms with Gasteiger partial charge in [-0.15, -0.1) is 0 Å². The first-order valence-corrected chi connectivity index (χ1v) is 10.9. The summed E-state index contributed by atoms with van der Waals surface area (Å²) in [6.07, 6.45) is 0. The molecule has 33 heavy (non-hydrogen) atoms. The zero-order valence-electron chi connectivity index (χ0n) is 16.9. The summed E-state index contributed by atoms with van der Waals surface area (Å²) in [6.45, 7) is 0.117. The Morgan fingerprint density at radius 3 is 2.21 bits per heavy atom. The zero-order chi connectivity index (χ0) is 23.5. The lowest BCUT2D eigenvalue weighted by Gasteiger charge is -2.15. The van der Waals surface area contributed by atoms with E-state index < -0.39 is 11.8 Å². The van der Waals surface area contributed by atoms with Gasteiger partial charge in [-0.25, -0.2) is 0 Å². The average Bonchev–Trinajstić information content (AvgIpc) is 3.00. The Kier molecular flexibility index (Phi) is 6.70. The normalized spacial score (nSPS) is 13.5. The van der Waals surface area contributed by atoms with Crippen LogP contribution in [0.3, 0.4) is 0 Å². The van der Waals surface area contributed by atoms with Crippen LogP contribution in [0.1, 0.15) is 15.9 Å².